The maximum absolute atomic E-state index is 6.14. The van der Waals surface area contributed by atoms with E-state index >= 15 is 0 Å². The lowest BCUT2D eigenvalue weighted by molar-refractivity contribution is 0.529. The summed E-state index contributed by atoms with van der Waals surface area (Å²) in [7, 11) is 0. The molecule has 0 aliphatic heterocycles. The number of rotatable bonds is 6. The van der Waals surface area contributed by atoms with Gasteiger partial charge in [-0.25, -0.2) is 0 Å². The van der Waals surface area contributed by atoms with Crippen molar-refractivity contribution in [3.8, 4) is 0 Å². The first-order valence-electron chi connectivity index (χ1n) is 7.18. The van der Waals surface area contributed by atoms with E-state index in [2.05, 4.69) is 42.5 Å². The first-order valence-corrected chi connectivity index (χ1v) is 7.56. The van der Waals surface area contributed by atoms with Crippen LogP contribution in [0.1, 0.15) is 43.1 Å². The van der Waals surface area contributed by atoms with Gasteiger partial charge in [0.2, 0.25) is 0 Å². The number of hydrogen-bond donors (Lipinski definition) is 1. The molecule has 1 N–H and O–H groups in total. The summed E-state index contributed by atoms with van der Waals surface area (Å²) in [5.74, 6) is 0. The summed E-state index contributed by atoms with van der Waals surface area (Å²) in [6, 6.07) is 8.46. The van der Waals surface area contributed by atoms with Gasteiger partial charge in [-0.1, -0.05) is 30.7 Å². The lowest BCUT2D eigenvalue weighted by atomic mass is 10.0. The molecule has 1 aromatic heterocycles. The summed E-state index contributed by atoms with van der Waals surface area (Å²) in [6.45, 7) is 8.18. The molecule has 0 saturated carbocycles. The highest BCUT2D eigenvalue weighted by Crippen LogP contribution is 2.25. The fourth-order valence-electron chi connectivity index (χ4n) is 2.38. The molecule has 20 heavy (non-hydrogen) atoms. The smallest absolute Gasteiger partial charge is 0.0748 e. The zero-order valence-electron chi connectivity index (χ0n) is 12.4. The summed E-state index contributed by atoms with van der Waals surface area (Å²) in [4.78, 5) is 0. The fraction of sp³-hybridized carbons (Fsp3) is 0.438. The lowest BCUT2D eigenvalue weighted by Crippen LogP contribution is -2.25. The molecule has 0 saturated heterocycles. The van der Waals surface area contributed by atoms with Crippen molar-refractivity contribution in [2.75, 3.05) is 6.54 Å². The summed E-state index contributed by atoms with van der Waals surface area (Å²) < 4.78 is 2.04. The first kappa shape index (κ1) is 15.1. The van der Waals surface area contributed by atoms with Crippen molar-refractivity contribution in [2.45, 2.75) is 39.8 Å². The Morgan fingerprint density at radius 2 is 2.10 bits per heavy atom. The monoisotopic (exact) mass is 291 g/mol. The molecular formula is C16H22ClN3. The SMILES string of the molecule is CCCNC(c1ccc(Cl)c(C)c1)c1ccnn1CC. The number of nitrogens with one attached hydrogen (secondary N) is 1. The number of halogens is 1. The normalized spacial score (nSPS) is 12.6. The molecule has 0 bridgehead atoms. The second kappa shape index (κ2) is 6.91. The van der Waals surface area contributed by atoms with Crippen LogP contribution in [0, 0.1) is 6.92 Å². The molecule has 1 heterocycles. The largest absolute Gasteiger partial charge is 0.305 e. The number of benzene rings is 1. The molecule has 2 aromatic rings. The standard InChI is InChI=1S/C16H22ClN3/c1-4-9-18-16(15-8-10-19-20(15)5-2)13-6-7-14(17)12(3)11-13/h6-8,10-11,16,18H,4-5,9H2,1-3H3. The summed E-state index contributed by atoms with van der Waals surface area (Å²) in [5.41, 5.74) is 3.54. The van der Waals surface area contributed by atoms with Crippen LogP contribution >= 0.6 is 11.6 Å². The zero-order chi connectivity index (χ0) is 14.5. The van der Waals surface area contributed by atoms with Gasteiger partial charge in [-0.05, 0) is 50.1 Å². The molecule has 0 aliphatic rings. The van der Waals surface area contributed by atoms with Crippen LogP contribution in [0.5, 0.6) is 0 Å². The highest BCUT2D eigenvalue weighted by Gasteiger charge is 2.17. The minimum Gasteiger partial charge on any atom is -0.305 e. The van der Waals surface area contributed by atoms with Crippen LogP contribution in [-0.2, 0) is 6.54 Å². The van der Waals surface area contributed by atoms with Crippen molar-refractivity contribution in [2.24, 2.45) is 0 Å². The van der Waals surface area contributed by atoms with Crippen molar-refractivity contribution in [1.29, 1.82) is 0 Å². The summed E-state index contributed by atoms with van der Waals surface area (Å²) in [5, 5.41) is 8.80. The van der Waals surface area contributed by atoms with Gasteiger partial charge in [0.25, 0.3) is 0 Å². The Kier molecular flexibility index (Phi) is 5.21. The van der Waals surface area contributed by atoms with Crippen LogP contribution < -0.4 is 5.32 Å². The molecule has 1 aromatic carbocycles. The predicted molar refractivity (Wildman–Crippen MR) is 84.2 cm³/mol. The van der Waals surface area contributed by atoms with Crippen molar-refractivity contribution < 1.29 is 0 Å². The van der Waals surface area contributed by atoms with Gasteiger partial charge in [-0.2, -0.15) is 5.10 Å². The summed E-state index contributed by atoms with van der Waals surface area (Å²) >= 11 is 6.14. The molecule has 1 unspecified atom stereocenters. The zero-order valence-corrected chi connectivity index (χ0v) is 13.1. The highest BCUT2D eigenvalue weighted by atomic mass is 35.5. The van der Waals surface area contributed by atoms with Gasteiger partial charge in [0.15, 0.2) is 0 Å². The fourth-order valence-corrected chi connectivity index (χ4v) is 2.50. The van der Waals surface area contributed by atoms with E-state index in [1.165, 1.54) is 11.3 Å². The van der Waals surface area contributed by atoms with E-state index in [1.54, 1.807) is 0 Å². The van der Waals surface area contributed by atoms with Gasteiger partial charge in [-0.15, -0.1) is 0 Å². The second-order valence-electron chi connectivity index (χ2n) is 4.97. The van der Waals surface area contributed by atoms with Crippen molar-refractivity contribution in [1.82, 2.24) is 15.1 Å². The van der Waals surface area contributed by atoms with E-state index in [4.69, 9.17) is 11.6 Å². The Morgan fingerprint density at radius 3 is 2.75 bits per heavy atom. The van der Waals surface area contributed by atoms with E-state index in [0.29, 0.717) is 0 Å². The van der Waals surface area contributed by atoms with Gasteiger partial charge in [-0.3, -0.25) is 4.68 Å². The first-order chi connectivity index (χ1) is 9.67. The van der Waals surface area contributed by atoms with Crippen LogP contribution in [0.4, 0.5) is 0 Å². The number of hydrogen-bond acceptors (Lipinski definition) is 2. The van der Waals surface area contributed by atoms with E-state index in [1.807, 2.05) is 23.9 Å². The number of nitrogens with zero attached hydrogens (tertiary/aromatic N) is 2. The summed E-state index contributed by atoms with van der Waals surface area (Å²) in [6.07, 6.45) is 2.96. The van der Waals surface area contributed by atoms with E-state index in [0.717, 1.165) is 30.1 Å². The molecule has 0 aliphatic carbocycles. The quantitative estimate of drug-likeness (QED) is 0.873. The highest BCUT2D eigenvalue weighted by molar-refractivity contribution is 6.31. The third kappa shape index (κ3) is 3.22. The van der Waals surface area contributed by atoms with Crippen molar-refractivity contribution in [3.05, 3.63) is 52.3 Å². The van der Waals surface area contributed by atoms with E-state index in [-0.39, 0.29) is 6.04 Å². The maximum Gasteiger partial charge on any atom is 0.0748 e. The van der Waals surface area contributed by atoms with Gasteiger partial charge in [0.05, 0.1) is 11.7 Å². The number of aromatic nitrogens is 2. The van der Waals surface area contributed by atoms with Crippen LogP contribution in [0.2, 0.25) is 5.02 Å². The topological polar surface area (TPSA) is 29.9 Å². The molecule has 108 valence electrons. The Bertz CT molecular complexity index is 563. The van der Waals surface area contributed by atoms with Gasteiger partial charge in [0.1, 0.15) is 0 Å². The van der Waals surface area contributed by atoms with Crippen molar-refractivity contribution in [3.63, 3.8) is 0 Å². The Morgan fingerprint density at radius 1 is 1.30 bits per heavy atom. The van der Waals surface area contributed by atoms with Gasteiger partial charge in [0, 0.05) is 17.8 Å². The second-order valence-corrected chi connectivity index (χ2v) is 5.37. The average molecular weight is 292 g/mol. The minimum absolute atomic E-state index is 0.161. The third-order valence-corrected chi connectivity index (χ3v) is 3.88. The molecule has 0 spiro atoms. The lowest BCUT2D eigenvalue weighted by Gasteiger charge is -2.21. The number of aryl methyl sites for hydroxylation is 2. The molecule has 0 fully saturated rings. The van der Waals surface area contributed by atoms with Crippen molar-refractivity contribution >= 4 is 11.6 Å². The molecular weight excluding hydrogens is 270 g/mol. The molecule has 4 heteroatoms. The molecule has 0 amide bonds. The Hall–Kier alpha value is -1.32. The molecule has 2 rings (SSSR count). The molecule has 3 nitrogen and oxygen atoms in total. The van der Waals surface area contributed by atoms with Crippen LogP contribution in [0.25, 0.3) is 0 Å². The molecule has 1 atom stereocenters. The van der Waals surface area contributed by atoms with Gasteiger partial charge < -0.3 is 5.32 Å². The Balaban J connectivity index is 2.38. The predicted octanol–water partition coefficient (Wildman–Crippen LogP) is 3.95. The van der Waals surface area contributed by atoms with E-state index < -0.39 is 0 Å². The maximum atomic E-state index is 6.14. The molecule has 0 radical (unpaired) electrons. The minimum atomic E-state index is 0.161. The van der Waals surface area contributed by atoms with Crippen LogP contribution in [-0.4, -0.2) is 16.3 Å². The van der Waals surface area contributed by atoms with Crippen LogP contribution in [0.15, 0.2) is 30.5 Å². The average Bonchev–Trinajstić information content (AvgIpc) is 2.91. The third-order valence-electron chi connectivity index (χ3n) is 3.46. The van der Waals surface area contributed by atoms with Crippen LogP contribution in [0.3, 0.4) is 0 Å². The van der Waals surface area contributed by atoms with Gasteiger partial charge >= 0.3 is 0 Å². The Labute approximate surface area is 126 Å². The van der Waals surface area contributed by atoms with E-state index in [9.17, 15) is 0 Å².